The highest BCUT2D eigenvalue weighted by Gasteiger charge is 2.35. The Hall–Kier alpha value is -3.39. The van der Waals surface area contributed by atoms with Crippen LogP contribution in [-0.4, -0.2) is 21.8 Å². The van der Waals surface area contributed by atoms with E-state index in [0.29, 0.717) is 27.7 Å². The van der Waals surface area contributed by atoms with Gasteiger partial charge in [0.2, 0.25) is 6.17 Å². The molecule has 1 aromatic heterocycles. The molecule has 1 N–H and O–H groups in total. The summed E-state index contributed by atoms with van der Waals surface area (Å²) in [6.45, 7) is 1.99. The largest absolute Gasteiger partial charge is 0.457 e. The summed E-state index contributed by atoms with van der Waals surface area (Å²) in [4.78, 5) is 17.7. The number of hydrogen-bond donors (Lipinski definition) is 1. The van der Waals surface area contributed by atoms with E-state index in [0.717, 1.165) is 16.5 Å². The van der Waals surface area contributed by atoms with Crippen LogP contribution in [0.2, 0.25) is 0 Å². The van der Waals surface area contributed by atoms with E-state index in [9.17, 15) is 9.18 Å². The normalized spacial score (nSPS) is 17.6. The number of rotatable bonds is 3. The predicted octanol–water partition coefficient (Wildman–Crippen LogP) is 2.98. The maximum atomic E-state index is 13.3. The molecule has 0 saturated heterocycles. The molecular formula is C22H17FN4O2S. The van der Waals surface area contributed by atoms with Crippen molar-refractivity contribution in [2.45, 2.75) is 13.1 Å². The fourth-order valence-electron chi connectivity index (χ4n) is 3.48. The summed E-state index contributed by atoms with van der Waals surface area (Å²) in [5.41, 5.74) is 1.19. The summed E-state index contributed by atoms with van der Waals surface area (Å²) in [6, 6.07) is 17.2. The van der Waals surface area contributed by atoms with E-state index in [-0.39, 0.29) is 11.7 Å². The highest BCUT2D eigenvalue weighted by molar-refractivity contribution is 8.13. The molecular weight excluding hydrogens is 403 g/mol. The highest BCUT2D eigenvalue weighted by atomic mass is 32.2. The van der Waals surface area contributed by atoms with Crippen molar-refractivity contribution in [2.75, 3.05) is 5.75 Å². The minimum atomic E-state index is -0.623. The van der Waals surface area contributed by atoms with Crippen molar-refractivity contribution in [3.8, 4) is 11.3 Å². The van der Waals surface area contributed by atoms with Crippen LogP contribution in [0, 0.1) is 5.82 Å². The number of nitrogens with zero attached hydrogens (tertiary/aromatic N) is 3. The minimum absolute atomic E-state index is 0.224. The van der Waals surface area contributed by atoms with Gasteiger partial charge in [-0.25, -0.2) is 14.4 Å². The fourth-order valence-corrected chi connectivity index (χ4v) is 4.06. The third-order valence-corrected chi connectivity index (χ3v) is 5.55. The van der Waals surface area contributed by atoms with Gasteiger partial charge in [-0.05, 0) is 48.2 Å². The van der Waals surface area contributed by atoms with Gasteiger partial charge in [0.1, 0.15) is 17.3 Å². The number of furan rings is 1. The lowest BCUT2D eigenvalue weighted by atomic mass is 10.1. The molecule has 3 heterocycles. The first-order valence-electron chi connectivity index (χ1n) is 9.49. The van der Waals surface area contributed by atoms with Crippen LogP contribution in [-0.2, 0) is 4.79 Å². The molecule has 150 valence electrons. The van der Waals surface area contributed by atoms with Crippen LogP contribution < -0.4 is 15.9 Å². The van der Waals surface area contributed by atoms with Gasteiger partial charge in [0.05, 0.1) is 5.36 Å². The topological polar surface area (TPSA) is 70.2 Å². The quantitative estimate of drug-likeness (QED) is 0.707. The molecule has 0 aliphatic carbocycles. The van der Waals surface area contributed by atoms with Gasteiger partial charge in [0.15, 0.2) is 10.9 Å². The van der Waals surface area contributed by atoms with Crippen molar-refractivity contribution in [1.29, 1.82) is 0 Å². The van der Waals surface area contributed by atoms with Gasteiger partial charge in [0.25, 0.3) is 5.91 Å². The van der Waals surface area contributed by atoms with Gasteiger partial charge in [-0.3, -0.25) is 10.1 Å². The maximum Gasteiger partial charge on any atom is 0.276 e. The van der Waals surface area contributed by atoms with E-state index in [1.165, 1.54) is 23.9 Å². The molecule has 0 radical (unpaired) electrons. The highest BCUT2D eigenvalue weighted by Crippen LogP contribution is 2.33. The van der Waals surface area contributed by atoms with E-state index in [2.05, 4.69) is 10.4 Å². The maximum absolute atomic E-state index is 13.3. The summed E-state index contributed by atoms with van der Waals surface area (Å²) in [5.74, 6) is 1.38. The molecule has 0 bridgehead atoms. The van der Waals surface area contributed by atoms with Gasteiger partial charge in [-0.1, -0.05) is 36.9 Å². The van der Waals surface area contributed by atoms with Crippen molar-refractivity contribution in [2.24, 2.45) is 10.1 Å². The lowest BCUT2D eigenvalue weighted by Crippen LogP contribution is -2.50. The molecule has 0 spiro atoms. The summed E-state index contributed by atoms with van der Waals surface area (Å²) >= 11 is 1.45. The lowest BCUT2D eigenvalue weighted by molar-refractivity contribution is -0.116. The Morgan fingerprint density at radius 3 is 2.73 bits per heavy atom. The van der Waals surface area contributed by atoms with Gasteiger partial charge in [0, 0.05) is 10.8 Å². The van der Waals surface area contributed by atoms with Gasteiger partial charge >= 0.3 is 0 Å². The zero-order valence-electron chi connectivity index (χ0n) is 16.0. The molecule has 2 aliphatic heterocycles. The number of para-hydroxylation sites is 1. The smallest absolute Gasteiger partial charge is 0.276 e. The number of hydrazone groups is 1. The fraction of sp³-hybridized carbons (Fsp3) is 0.136. The zero-order chi connectivity index (χ0) is 20.7. The molecule has 0 unspecified atom stereocenters. The molecule has 2 aromatic carbocycles. The first kappa shape index (κ1) is 18.6. The zero-order valence-corrected chi connectivity index (χ0v) is 16.8. The summed E-state index contributed by atoms with van der Waals surface area (Å²) in [7, 11) is 0. The van der Waals surface area contributed by atoms with Gasteiger partial charge in [-0.15, -0.1) is 5.10 Å². The molecule has 30 heavy (non-hydrogen) atoms. The number of benzene rings is 2. The molecule has 2 aliphatic rings. The van der Waals surface area contributed by atoms with Crippen LogP contribution in [0.3, 0.4) is 0 Å². The second-order valence-corrected chi connectivity index (χ2v) is 7.97. The third-order valence-electron chi connectivity index (χ3n) is 4.81. The van der Waals surface area contributed by atoms with Crippen molar-refractivity contribution < 1.29 is 13.6 Å². The number of fused-ring (bicyclic) bond motifs is 2. The second-order valence-electron chi connectivity index (χ2n) is 6.71. The van der Waals surface area contributed by atoms with Gasteiger partial charge in [-0.2, -0.15) is 0 Å². The van der Waals surface area contributed by atoms with Crippen molar-refractivity contribution in [3.63, 3.8) is 0 Å². The van der Waals surface area contributed by atoms with Crippen LogP contribution >= 0.6 is 11.8 Å². The van der Waals surface area contributed by atoms with Crippen LogP contribution in [0.1, 0.15) is 18.8 Å². The monoisotopic (exact) mass is 420 g/mol. The van der Waals surface area contributed by atoms with Crippen LogP contribution in [0.15, 0.2) is 75.2 Å². The summed E-state index contributed by atoms with van der Waals surface area (Å²) in [5, 5.41) is 11.1. The average molecular weight is 420 g/mol. The number of amides is 1. The van der Waals surface area contributed by atoms with E-state index in [1.807, 2.05) is 43.3 Å². The van der Waals surface area contributed by atoms with E-state index in [1.54, 1.807) is 17.1 Å². The molecule has 3 aromatic rings. The first-order valence-corrected chi connectivity index (χ1v) is 10.5. The second kappa shape index (κ2) is 7.46. The molecule has 6 nitrogen and oxygen atoms in total. The molecule has 0 saturated carbocycles. The average Bonchev–Trinajstić information content (AvgIpc) is 3.23. The molecule has 5 rings (SSSR count). The number of halogens is 1. The van der Waals surface area contributed by atoms with Crippen LogP contribution in [0.5, 0.6) is 0 Å². The predicted molar refractivity (Wildman–Crippen MR) is 113 cm³/mol. The summed E-state index contributed by atoms with van der Waals surface area (Å²) in [6.07, 6.45) is -0.623. The number of hydrogen-bond acceptors (Lipinski definition) is 6. The van der Waals surface area contributed by atoms with Crippen molar-refractivity contribution >= 4 is 28.5 Å². The van der Waals surface area contributed by atoms with Crippen LogP contribution in [0.4, 0.5) is 4.39 Å². The number of amidine groups is 1. The molecule has 1 amide bonds. The Bertz CT molecular complexity index is 1280. The van der Waals surface area contributed by atoms with E-state index >= 15 is 0 Å². The van der Waals surface area contributed by atoms with Crippen LogP contribution in [0.25, 0.3) is 17.0 Å². The van der Waals surface area contributed by atoms with Crippen molar-refractivity contribution in [1.82, 2.24) is 10.3 Å². The first-order chi connectivity index (χ1) is 14.6. The Kier molecular flexibility index (Phi) is 4.63. The number of nitrogens with one attached hydrogen (secondary N) is 1. The standard InChI is InChI=1S/C22H17FN4O2S/c1-2-30-22-25-21(28)19-15-5-3-4-6-16(15)24-20(27(19)26-22)18-12-11-17(29-18)13-7-9-14(23)10-8-13/h3-12,20H,2H2,1H3,(H,25,26,28)/t20-/m0/s1. The molecule has 0 fully saturated rings. The van der Waals surface area contributed by atoms with E-state index in [4.69, 9.17) is 9.41 Å². The van der Waals surface area contributed by atoms with Gasteiger partial charge < -0.3 is 4.42 Å². The summed E-state index contributed by atoms with van der Waals surface area (Å²) < 4.78 is 19.3. The number of thioether (sulfide) groups is 1. The third kappa shape index (κ3) is 3.19. The SMILES string of the molecule is CCSC1=NN2C(=c3ccccc3=N[C@@H]2c2ccc(-c3ccc(F)cc3)o2)C(=O)N1. The Balaban J connectivity index is 1.63. The Morgan fingerprint density at radius 1 is 1.13 bits per heavy atom. The molecule has 8 heteroatoms. The lowest BCUT2D eigenvalue weighted by Gasteiger charge is -2.32. The van der Waals surface area contributed by atoms with E-state index < -0.39 is 6.17 Å². The Labute approximate surface area is 175 Å². The Morgan fingerprint density at radius 2 is 1.93 bits per heavy atom. The molecule has 1 atom stereocenters. The number of carbonyl (C=O) groups is 1. The minimum Gasteiger partial charge on any atom is -0.457 e. The van der Waals surface area contributed by atoms with Crippen molar-refractivity contribution in [3.05, 3.63) is 82.8 Å². The number of carbonyl (C=O) groups excluding carboxylic acids is 1.